The van der Waals surface area contributed by atoms with E-state index in [2.05, 4.69) is 10.6 Å². The maximum absolute atomic E-state index is 13.1. The Balaban J connectivity index is 1.56. The van der Waals surface area contributed by atoms with Crippen molar-refractivity contribution in [2.24, 2.45) is 0 Å². The first kappa shape index (κ1) is 23.2. The highest BCUT2D eigenvalue weighted by molar-refractivity contribution is 7.89. The first-order valence-corrected chi connectivity index (χ1v) is 12.0. The molecule has 2 N–H and O–H groups in total. The van der Waals surface area contributed by atoms with Gasteiger partial charge in [-0.05, 0) is 62.6 Å². The minimum Gasteiger partial charge on any atom is -0.348 e. The van der Waals surface area contributed by atoms with Crippen molar-refractivity contribution in [3.63, 3.8) is 0 Å². The fourth-order valence-corrected chi connectivity index (χ4v) is 5.43. The number of carbonyl (C=O) groups excluding carboxylic acids is 2. The van der Waals surface area contributed by atoms with Crippen LogP contribution in [0.5, 0.6) is 0 Å². The number of hydrogen-bond donors (Lipinski definition) is 2. The highest BCUT2D eigenvalue weighted by Gasteiger charge is 2.33. The van der Waals surface area contributed by atoms with Gasteiger partial charge in [0.05, 0.1) is 4.90 Å². The molecule has 2 aromatic carbocycles. The first-order valence-electron chi connectivity index (χ1n) is 10.2. The number of carbonyl (C=O) groups is 2. The molecule has 7 nitrogen and oxygen atoms in total. The Hall–Kier alpha value is -2.42. The van der Waals surface area contributed by atoms with Crippen LogP contribution in [0.2, 0.25) is 5.02 Å². The van der Waals surface area contributed by atoms with Crippen molar-refractivity contribution in [2.45, 2.75) is 43.5 Å². The second-order valence-electron chi connectivity index (χ2n) is 7.58. The molecule has 1 heterocycles. The second-order valence-corrected chi connectivity index (χ2v) is 9.91. The molecule has 0 saturated carbocycles. The zero-order valence-electron chi connectivity index (χ0n) is 17.3. The molecule has 0 aromatic heterocycles. The Morgan fingerprint density at radius 2 is 1.71 bits per heavy atom. The van der Waals surface area contributed by atoms with E-state index in [0.29, 0.717) is 23.7 Å². The summed E-state index contributed by atoms with van der Waals surface area (Å²) in [5.41, 5.74) is 1.46. The number of nitrogens with zero attached hydrogens (tertiary/aromatic N) is 1. The maximum atomic E-state index is 13.1. The third-order valence-corrected chi connectivity index (χ3v) is 7.49. The molecule has 1 aliphatic rings. The number of piperidine rings is 1. The molecule has 1 aliphatic heterocycles. The number of aryl methyl sites for hydroxylation is 1. The highest BCUT2D eigenvalue weighted by atomic mass is 35.5. The van der Waals surface area contributed by atoms with E-state index in [4.69, 9.17) is 11.6 Å². The maximum Gasteiger partial charge on any atom is 0.313 e. The molecule has 31 heavy (non-hydrogen) atoms. The minimum absolute atomic E-state index is 0.206. The lowest BCUT2D eigenvalue weighted by Crippen LogP contribution is -2.45. The molecular formula is C22H26ClN3O4S. The zero-order chi connectivity index (χ0) is 22.4. The van der Waals surface area contributed by atoms with Gasteiger partial charge in [-0.15, -0.1) is 0 Å². The van der Waals surface area contributed by atoms with E-state index in [-0.39, 0.29) is 17.5 Å². The topological polar surface area (TPSA) is 95.6 Å². The number of sulfonamides is 1. The van der Waals surface area contributed by atoms with Crippen LogP contribution in [0.15, 0.2) is 53.4 Å². The van der Waals surface area contributed by atoms with Crippen LogP contribution in [-0.4, -0.2) is 43.7 Å². The van der Waals surface area contributed by atoms with E-state index < -0.39 is 21.8 Å². The summed E-state index contributed by atoms with van der Waals surface area (Å²) < 4.78 is 27.7. The molecule has 3 rings (SSSR count). The molecule has 1 atom stereocenters. The summed E-state index contributed by atoms with van der Waals surface area (Å²) in [7, 11) is -3.61. The smallest absolute Gasteiger partial charge is 0.313 e. The van der Waals surface area contributed by atoms with Crippen LogP contribution in [0.1, 0.15) is 31.2 Å². The lowest BCUT2D eigenvalue weighted by Gasteiger charge is -2.34. The number of amides is 2. The Labute approximate surface area is 187 Å². The van der Waals surface area contributed by atoms with Gasteiger partial charge in [-0.3, -0.25) is 9.59 Å². The number of anilines is 1. The second kappa shape index (κ2) is 10.3. The van der Waals surface area contributed by atoms with Crippen LogP contribution in [0.3, 0.4) is 0 Å². The zero-order valence-corrected chi connectivity index (χ0v) is 18.9. The van der Waals surface area contributed by atoms with Crippen molar-refractivity contribution in [1.29, 1.82) is 0 Å². The highest BCUT2D eigenvalue weighted by Crippen LogP contribution is 2.27. The van der Waals surface area contributed by atoms with Crippen LogP contribution in [0.4, 0.5) is 5.69 Å². The van der Waals surface area contributed by atoms with Crippen LogP contribution in [0, 0.1) is 6.92 Å². The molecule has 1 fully saturated rings. The summed E-state index contributed by atoms with van der Waals surface area (Å²) in [5, 5.41) is 5.61. The quantitative estimate of drug-likeness (QED) is 0.642. The minimum atomic E-state index is -3.61. The van der Waals surface area contributed by atoms with Gasteiger partial charge in [0.2, 0.25) is 10.0 Å². The Morgan fingerprint density at radius 3 is 2.39 bits per heavy atom. The summed E-state index contributed by atoms with van der Waals surface area (Å²) in [6, 6.07) is 13.0. The summed E-state index contributed by atoms with van der Waals surface area (Å²) >= 11 is 5.80. The molecule has 9 heteroatoms. The van der Waals surface area contributed by atoms with Gasteiger partial charge in [0.15, 0.2) is 0 Å². The van der Waals surface area contributed by atoms with E-state index in [1.54, 1.807) is 48.5 Å². The number of halogens is 1. The summed E-state index contributed by atoms with van der Waals surface area (Å²) in [6.45, 7) is 2.56. The summed E-state index contributed by atoms with van der Waals surface area (Å²) in [4.78, 5) is 24.4. The van der Waals surface area contributed by atoms with Crippen LogP contribution in [-0.2, 0) is 19.6 Å². The average molecular weight is 464 g/mol. The van der Waals surface area contributed by atoms with E-state index >= 15 is 0 Å². The van der Waals surface area contributed by atoms with Crippen molar-refractivity contribution in [3.8, 4) is 0 Å². The van der Waals surface area contributed by atoms with Gasteiger partial charge >= 0.3 is 11.8 Å². The molecule has 2 amide bonds. The molecule has 166 valence electrons. The molecule has 0 radical (unpaired) electrons. The average Bonchev–Trinajstić information content (AvgIpc) is 2.76. The van der Waals surface area contributed by atoms with Crippen molar-refractivity contribution in [1.82, 2.24) is 9.62 Å². The van der Waals surface area contributed by atoms with Gasteiger partial charge in [-0.1, -0.05) is 35.7 Å². The third-order valence-electron chi connectivity index (χ3n) is 5.27. The van der Waals surface area contributed by atoms with E-state index in [1.165, 1.54) is 4.31 Å². The van der Waals surface area contributed by atoms with Gasteiger partial charge in [0, 0.05) is 29.8 Å². The van der Waals surface area contributed by atoms with Crippen LogP contribution < -0.4 is 10.6 Å². The van der Waals surface area contributed by atoms with Crippen molar-refractivity contribution < 1.29 is 18.0 Å². The first-order chi connectivity index (χ1) is 14.8. The monoisotopic (exact) mass is 463 g/mol. The van der Waals surface area contributed by atoms with Crippen LogP contribution in [0.25, 0.3) is 0 Å². The fourth-order valence-electron chi connectivity index (χ4n) is 3.58. The molecule has 1 saturated heterocycles. The summed E-state index contributed by atoms with van der Waals surface area (Å²) in [6.07, 6.45) is 2.88. The molecule has 0 aliphatic carbocycles. The van der Waals surface area contributed by atoms with Gasteiger partial charge in [-0.2, -0.15) is 4.31 Å². The van der Waals surface area contributed by atoms with Crippen LogP contribution >= 0.6 is 11.6 Å². The number of hydrogen-bond acceptors (Lipinski definition) is 4. The van der Waals surface area contributed by atoms with Gasteiger partial charge in [-0.25, -0.2) is 8.42 Å². The van der Waals surface area contributed by atoms with Crippen molar-refractivity contribution >= 4 is 39.1 Å². The summed E-state index contributed by atoms with van der Waals surface area (Å²) in [5.74, 6) is -1.55. The van der Waals surface area contributed by atoms with Crippen molar-refractivity contribution in [3.05, 3.63) is 59.1 Å². The van der Waals surface area contributed by atoms with E-state index in [9.17, 15) is 18.0 Å². The molecular weight excluding hydrogens is 438 g/mol. The Bertz CT molecular complexity index is 1020. The molecule has 0 spiro atoms. The predicted molar refractivity (Wildman–Crippen MR) is 120 cm³/mol. The normalized spacial score (nSPS) is 17.2. The number of nitrogens with one attached hydrogen (secondary N) is 2. The van der Waals surface area contributed by atoms with Gasteiger partial charge < -0.3 is 10.6 Å². The van der Waals surface area contributed by atoms with E-state index in [0.717, 1.165) is 24.8 Å². The molecule has 0 bridgehead atoms. The van der Waals surface area contributed by atoms with Crippen molar-refractivity contribution in [2.75, 3.05) is 18.4 Å². The Morgan fingerprint density at radius 1 is 1.03 bits per heavy atom. The number of rotatable bonds is 6. The van der Waals surface area contributed by atoms with Gasteiger partial charge in [0.1, 0.15) is 0 Å². The SMILES string of the molecule is Cc1ccc(S(=O)(=O)N2CCCCC2CCNC(=O)C(=O)Nc2ccc(Cl)cc2)cc1. The standard InChI is InChI=1S/C22H26ClN3O4S/c1-16-5-11-20(12-6-16)31(29,30)26-15-3-2-4-19(26)13-14-24-21(27)22(28)25-18-9-7-17(23)8-10-18/h5-12,19H,2-4,13-15H2,1H3,(H,24,27)(H,25,28). The van der Waals surface area contributed by atoms with E-state index in [1.807, 2.05) is 6.92 Å². The Kier molecular flexibility index (Phi) is 7.69. The number of benzene rings is 2. The lowest BCUT2D eigenvalue weighted by molar-refractivity contribution is -0.136. The largest absolute Gasteiger partial charge is 0.348 e. The fraction of sp³-hybridized carbons (Fsp3) is 0.364. The predicted octanol–water partition coefficient (Wildman–Crippen LogP) is 3.34. The molecule has 2 aromatic rings. The van der Waals surface area contributed by atoms with Gasteiger partial charge in [0.25, 0.3) is 0 Å². The molecule has 1 unspecified atom stereocenters. The lowest BCUT2D eigenvalue weighted by atomic mass is 10.0. The third kappa shape index (κ3) is 6.06.